The Morgan fingerprint density at radius 2 is 1.24 bits per heavy atom. The summed E-state index contributed by atoms with van der Waals surface area (Å²) in [5.41, 5.74) is 0.876. The van der Waals surface area contributed by atoms with E-state index in [-0.39, 0.29) is 12.2 Å². The summed E-state index contributed by atoms with van der Waals surface area (Å²) in [6.07, 6.45) is 0.0550. The highest BCUT2D eigenvalue weighted by molar-refractivity contribution is 5.72. The molecule has 0 saturated heterocycles. The Labute approximate surface area is 194 Å². The minimum Gasteiger partial charge on any atom is -0.491 e. The summed E-state index contributed by atoms with van der Waals surface area (Å²) in [6, 6.07) is 24.6. The first-order valence-electron chi connectivity index (χ1n) is 10.9. The van der Waals surface area contributed by atoms with Crippen LogP contribution >= 0.6 is 0 Å². The van der Waals surface area contributed by atoms with Crippen molar-refractivity contribution in [2.75, 3.05) is 7.11 Å². The lowest BCUT2D eigenvalue weighted by Crippen LogP contribution is -2.24. The van der Waals surface area contributed by atoms with Crippen molar-refractivity contribution in [3.8, 4) is 23.0 Å². The van der Waals surface area contributed by atoms with E-state index in [1.54, 1.807) is 0 Å². The standard InChI is InChI=1S/C27H30O6/c1-19(31-23-11-9-21(10-12-23)18-26(30-3)27(28)29)17-20(2)32-24-13-15-25(16-14-24)33-22-7-5-4-6-8-22/h4-16,19-20,26H,17-18H2,1-3H3,(H,28,29)/t19-,20-,26-/m0/s1. The van der Waals surface area contributed by atoms with Gasteiger partial charge in [-0.1, -0.05) is 30.3 Å². The first-order valence-corrected chi connectivity index (χ1v) is 10.9. The topological polar surface area (TPSA) is 74.2 Å². The number of carbonyl (C=O) groups is 1. The second-order valence-electron chi connectivity index (χ2n) is 7.89. The molecule has 3 aromatic carbocycles. The molecule has 0 heterocycles. The summed E-state index contributed by atoms with van der Waals surface area (Å²) < 4.78 is 22.8. The summed E-state index contributed by atoms with van der Waals surface area (Å²) in [6.45, 7) is 4.00. The smallest absolute Gasteiger partial charge is 0.333 e. The van der Waals surface area contributed by atoms with Gasteiger partial charge in [0.2, 0.25) is 0 Å². The fourth-order valence-corrected chi connectivity index (χ4v) is 3.43. The van der Waals surface area contributed by atoms with Crippen LogP contribution in [0.2, 0.25) is 0 Å². The van der Waals surface area contributed by atoms with Gasteiger partial charge in [-0.05, 0) is 67.9 Å². The molecule has 0 fully saturated rings. The van der Waals surface area contributed by atoms with Crippen LogP contribution in [0.4, 0.5) is 0 Å². The Morgan fingerprint density at radius 3 is 1.76 bits per heavy atom. The lowest BCUT2D eigenvalue weighted by atomic mass is 10.1. The van der Waals surface area contributed by atoms with Gasteiger partial charge < -0.3 is 24.1 Å². The molecule has 0 aliphatic rings. The van der Waals surface area contributed by atoms with E-state index in [0.29, 0.717) is 12.8 Å². The number of methoxy groups -OCH3 is 1. The van der Waals surface area contributed by atoms with Crippen LogP contribution in [0.3, 0.4) is 0 Å². The lowest BCUT2D eigenvalue weighted by molar-refractivity contribution is -0.148. The molecule has 0 aliphatic carbocycles. The van der Waals surface area contributed by atoms with Crippen molar-refractivity contribution in [3.05, 3.63) is 84.4 Å². The summed E-state index contributed by atoms with van der Waals surface area (Å²) in [5.74, 6) is 2.06. The second kappa shape index (κ2) is 11.9. The van der Waals surface area contributed by atoms with Crippen molar-refractivity contribution < 1.29 is 28.8 Å². The Morgan fingerprint density at radius 1 is 0.758 bits per heavy atom. The van der Waals surface area contributed by atoms with Crippen LogP contribution in [0, 0.1) is 0 Å². The molecule has 1 N–H and O–H groups in total. The van der Waals surface area contributed by atoms with Crippen LogP contribution in [-0.4, -0.2) is 36.5 Å². The molecule has 0 unspecified atom stereocenters. The number of hydrogen-bond acceptors (Lipinski definition) is 5. The van der Waals surface area contributed by atoms with E-state index < -0.39 is 12.1 Å². The highest BCUT2D eigenvalue weighted by Gasteiger charge is 2.17. The van der Waals surface area contributed by atoms with Crippen molar-refractivity contribution in [1.82, 2.24) is 0 Å². The van der Waals surface area contributed by atoms with E-state index in [0.717, 1.165) is 28.6 Å². The maximum absolute atomic E-state index is 11.1. The number of carboxylic acids is 1. The molecule has 0 amide bonds. The minimum absolute atomic E-state index is 0.0433. The van der Waals surface area contributed by atoms with Crippen LogP contribution < -0.4 is 14.2 Å². The van der Waals surface area contributed by atoms with Gasteiger partial charge in [-0.3, -0.25) is 0 Å². The van der Waals surface area contributed by atoms with E-state index in [4.69, 9.17) is 24.1 Å². The lowest BCUT2D eigenvalue weighted by Gasteiger charge is -2.20. The van der Waals surface area contributed by atoms with Gasteiger partial charge >= 0.3 is 5.97 Å². The Bertz CT molecular complexity index is 985. The number of benzene rings is 3. The molecule has 0 radical (unpaired) electrons. The van der Waals surface area contributed by atoms with E-state index in [9.17, 15) is 4.79 Å². The van der Waals surface area contributed by atoms with Crippen LogP contribution in [-0.2, 0) is 16.0 Å². The number of hydrogen-bond donors (Lipinski definition) is 1. The van der Waals surface area contributed by atoms with Crippen LogP contribution in [0.25, 0.3) is 0 Å². The summed E-state index contributed by atoms with van der Waals surface area (Å²) in [5, 5.41) is 9.10. The summed E-state index contributed by atoms with van der Waals surface area (Å²) in [7, 11) is 1.40. The molecule has 174 valence electrons. The van der Waals surface area contributed by atoms with E-state index in [1.807, 2.05) is 92.7 Å². The molecule has 3 aromatic rings. The zero-order valence-corrected chi connectivity index (χ0v) is 19.1. The van der Waals surface area contributed by atoms with Crippen LogP contribution in [0.1, 0.15) is 25.8 Å². The monoisotopic (exact) mass is 450 g/mol. The fraction of sp³-hybridized carbons (Fsp3) is 0.296. The number of para-hydroxylation sites is 1. The van der Waals surface area contributed by atoms with Crippen molar-refractivity contribution in [3.63, 3.8) is 0 Å². The quantitative estimate of drug-likeness (QED) is 0.379. The number of aliphatic carboxylic acids is 1. The molecular formula is C27H30O6. The van der Waals surface area contributed by atoms with Crippen LogP contribution in [0.15, 0.2) is 78.9 Å². The van der Waals surface area contributed by atoms with Gasteiger partial charge in [0, 0.05) is 20.0 Å². The van der Waals surface area contributed by atoms with Crippen LogP contribution in [0.5, 0.6) is 23.0 Å². The van der Waals surface area contributed by atoms with Gasteiger partial charge in [-0.15, -0.1) is 0 Å². The SMILES string of the molecule is CO[C@@H](Cc1ccc(O[C@@H](C)C[C@H](C)Oc2ccc(Oc3ccccc3)cc2)cc1)C(=O)O. The fourth-order valence-electron chi connectivity index (χ4n) is 3.43. The largest absolute Gasteiger partial charge is 0.491 e. The number of rotatable bonds is 12. The average molecular weight is 451 g/mol. The molecule has 6 nitrogen and oxygen atoms in total. The van der Waals surface area contributed by atoms with E-state index in [2.05, 4.69) is 0 Å². The Balaban J connectivity index is 1.45. The van der Waals surface area contributed by atoms with Crippen molar-refractivity contribution in [2.24, 2.45) is 0 Å². The molecule has 33 heavy (non-hydrogen) atoms. The third-order valence-corrected chi connectivity index (χ3v) is 5.05. The third kappa shape index (κ3) is 7.84. The van der Waals surface area contributed by atoms with Crippen molar-refractivity contribution >= 4 is 5.97 Å². The molecule has 0 bridgehead atoms. The van der Waals surface area contributed by atoms with Gasteiger partial charge in [0.05, 0.1) is 12.2 Å². The highest BCUT2D eigenvalue weighted by Crippen LogP contribution is 2.25. The second-order valence-corrected chi connectivity index (χ2v) is 7.89. The molecular weight excluding hydrogens is 420 g/mol. The number of ether oxygens (including phenoxy) is 4. The Hall–Kier alpha value is -3.51. The highest BCUT2D eigenvalue weighted by atomic mass is 16.5. The molecule has 0 aromatic heterocycles. The average Bonchev–Trinajstić information content (AvgIpc) is 2.80. The first kappa shape index (κ1) is 24.1. The molecule has 3 atom stereocenters. The molecule has 3 rings (SSSR count). The van der Waals surface area contributed by atoms with Gasteiger partial charge in [0.15, 0.2) is 6.10 Å². The van der Waals surface area contributed by atoms with Gasteiger partial charge in [-0.25, -0.2) is 4.79 Å². The van der Waals surface area contributed by atoms with Crippen molar-refractivity contribution in [1.29, 1.82) is 0 Å². The third-order valence-electron chi connectivity index (χ3n) is 5.05. The summed E-state index contributed by atoms with van der Waals surface area (Å²) >= 11 is 0. The van der Waals surface area contributed by atoms with E-state index >= 15 is 0 Å². The van der Waals surface area contributed by atoms with Gasteiger partial charge in [0.1, 0.15) is 23.0 Å². The molecule has 6 heteroatoms. The maximum Gasteiger partial charge on any atom is 0.333 e. The molecule has 0 aliphatic heterocycles. The molecule has 0 spiro atoms. The normalized spacial score (nSPS) is 13.5. The minimum atomic E-state index is -0.973. The van der Waals surface area contributed by atoms with Crippen molar-refractivity contribution in [2.45, 2.75) is 45.0 Å². The zero-order valence-electron chi connectivity index (χ0n) is 19.1. The van der Waals surface area contributed by atoms with Gasteiger partial charge in [0.25, 0.3) is 0 Å². The predicted molar refractivity (Wildman–Crippen MR) is 126 cm³/mol. The Kier molecular flexibility index (Phi) is 8.72. The summed E-state index contributed by atoms with van der Waals surface area (Å²) in [4.78, 5) is 11.1. The maximum atomic E-state index is 11.1. The predicted octanol–water partition coefficient (Wildman–Crippen LogP) is 5.75. The van der Waals surface area contributed by atoms with E-state index in [1.165, 1.54) is 7.11 Å². The first-order chi connectivity index (χ1) is 15.9. The zero-order chi connectivity index (χ0) is 23.6. The van der Waals surface area contributed by atoms with Gasteiger partial charge in [-0.2, -0.15) is 0 Å². The molecule has 0 saturated carbocycles. The number of carboxylic acid groups (broad SMARTS) is 1.